The number of nitrogens with zero attached hydrogens (tertiary/aromatic N) is 1. The van der Waals surface area contributed by atoms with Gasteiger partial charge in [-0.3, -0.25) is 9.79 Å². The second-order valence-electron chi connectivity index (χ2n) is 5.46. The van der Waals surface area contributed by atoms with E-state index in [1.165, 1.54) is 31.4 Å². The van der Waals surface area contributed by atoms with Gasteiger partial charge in [-0.15, -0.1) is 0 Å². The number of halogens is 1. The molecule has 0 bridgehead atoms. The lowest BCUT2D eigenvalue weighted by atomic mass is 9.96. The van der Waals surface area contributed by atoms with E-state index in [9.17, 15) is 9.18 Å². The number of anilines is 1. The van der Waals surface area contributed by atoms with E-state index in [0.717, 1.165) is 12.8 Å². The van der Waals surface area contributed by atoms with Gasteiger partial charge < -0.3 is 16.0 Å². The van der Waals surface area contributed by atoms with E-state index in [-0.39, 0.29) is 18.3 Å². The van der Waals surface area contributed by atoms with Crippen LogP contribution in [0.4, 0.5) is 10.1 Å². The zero-order valence-corrected chi connectivity index (χ0v) is 12.9. The highest BCUT2D eigenvalue weighted by atomic mass is 19.1. The summed E-state index contributed by atoms with van der Waals surface area (Å²) in [6.07, 6.45) is 6.02. The Bertz CT molecular complexity index is 527. The van der Waals surface area contributed by atoms with E-state index < -0.39 is 0 Å². The Hall–Kier alpha value is -2.11. The Morgan fingerprint density at radius 3 is 2.77 bits per heavy atom. The smallest absolute Gasteiger partial charge is 0.243 e. The van der Waals surface area contributed by atoms with Crippen LogP contribution < -0.4 is 16.0 Å². The SMILES string of the molecule is CN=C(NCC(=O)Nc1cccc(F)c1)NC1CCCCC1. The molecule has 6 heteroatoms. The van der Waals surface area contributed by atoms with Crippen LogP contribution in [0.3, 0.4) is 0 Å². The van der Waals surface area contributed by atoms with Gasteiger partial charge in [0.25, 0.3) is 0 Å². The van der Waals surface area contributed by atoms with Gasteiger partial charge in [0.15, 0.2) is 5.96 Å². The molecule has 1 aliphatic carbocycles. The third-order valence-electron chi connectivity index (χ3n) is 3.69. The highest BCUT2D eigenvalue weighted by Crippen LogP contribution is 2.17. The van der Waals surface area contributed by atoms with Gasteiger partial charge in [0, 0.05) is 18.8 Å². The highest BCUT2D eigenvalue weighted by Gasteiger charge is 2.14. The summed E-state index contributed by atoms with van der Waals surface area (Å²) in [5, 5.41) is 8.96. The maximum absolute atomic E-state index is 13.1. The summed E-state index contributed by atoms with van der Waals surface area (Å²) >= 11 is 0. The van der Waals surface area contributed by atoms with Crippen molar-refractivity contribution in [2.24, 2.45) is 4.99 Å². The molecule has 0 radical (unpaired) electrons. The quantitative estimate of drug-likeness (QED) is 0.590. The third kappa shape index (κ3) is 5.35. The Labute approximate surface area is 130 Å². The Kier molecular flexibility index (Phi) is 6.18. The lowest BCUT2D eigenvalue weighted by Crippen LogP contribution is -2.46. The first-order chi connectivity index (χ1) is 10.7. The molecular formula is C16H23FN4O. The van der Waals surface area contributed by atoms with Crippen LogP contribution in [-0.4, -0.2) is 31.5 Å². The molecule has 1 amide bonds. The number of benzene rings is 1. The Morgan fingerprint density at radius 2 is 2.09 bits per heavy atom. The molecule has 1 aromatic rings. The van der Waals surface area contributed by atoms with E-state index in [1.807, 2.05) is 0 Å². The molecule has 0 aromatic heterocycles. The van der Waals surface area contributed by atoms with Gasteiger partial charge in [0.05, 0.1) is 6.54 Å². The van der Waals surface area contributed by atoms with Crippen molar-refractivity contribution in [3.63, 3.8) is 0 Å². The second kappa shape index (κ2) is 8.36. The second-order valence-corrected chi connectivity index (χ2v) is 5.46. The first kappa shape index (κ1) is 16.3. The van der Waals surface area contributed by atoms with Crippen LogP contribution in [0.2, 0.25) is 0 Å². The molecule has 22 heavy (non-hydrogen) atoms. The predicted molar refractivity (Wildman–Crippen MR) is 86.4 cm³/mol. The van der Waals surface area contributed by atoms with Crippen LogP contribution in [0.1, 0.15) is 32.1 Å². The maximum atomic E-state index is 13.1. The fourth-order valence-electron chi connectivity index (χ4n) is 2.57. The molecule has 1 aliphatic rings. The summed E-state index contributed by atoms with van der Waals surface area (Å²) in [6, 6.07) is 6.25. The van der Waals surface area contributed by atoms with Gasteiger partial charge in [-0.25, -0.2) is 4.39 Å². The van der Waals surface area contributed by atoms with Gasteiger partial charge in [0.2, 0.25) is 5.91 Å². The summed E-state index contributed by atoms with van der Waals surface area (Å²) in [5.74, 6) is 0.0130. The van der Waals surface area contributed by atoms with Crippen LogP contribution >= 0.6 is 0 Å². The van der Waals surface area contributed by atoms with Gasteiger partial charge in [-0.2, -0.15) is 0 Å². The number of carbonyl (C=O) groups excluding carboxylic acids is 1. The van der Waals surface area contributed by atoms with Gasteiger partial charge in [-0.05, 0) is 31.0 Å². The minimum absolute atomic E-state index is 0.0862. The van der Waals surface area contributed by atoms with Crippen LogP contribution in [-0.2, 0) is 4.79 Å². The molecule has 5 nitrogen and oxygen atoms in total. The average Bonchev–Trinajstić information content (AvgIpc) is 2.52. The van der Waals surface area contributed by atoms with Crippen molar-refractivity contribution in [3.05, 3.63) is 30.1 Å². The standard InChI is InChI=1S/C16H23FN4O/c1-18-16(21-13-7-3-2-4-8-13)19-11-15(22)20-14-9-5-6-12(17)10-14/h5-6,9-10,13H,2-4,7-8,11H2,1H3,(H,20,22)(H2,18,19,21). The van der Waals surface area contributed by atoms with Crippen LogP contribution in [0.25, 0.3) is 0 Å². The molecule has 1 saturated carbocycles. The van der Waals surface area contributed by atoms with Crippen molar-refractivity contribution < 1.29 is 9.18 Å². The molecule has 0 unspecified atom stereocenters. The van der Waals surface area contributed by atoms with E-state index in [1.54, 1.807) is 19.2 Å². The molecule has 0 saturated heterocycles. The number of guanidine groups is 1. The minimum Gasteiger partial charge on any atom is -0.354 e. The van der Waals surface area contributed by atoms with Crippen molar-refractivity contribution in [2.75, 3.05) is 18.9 Å². The number of hydrogen-bond donors (Lipinski definition) is 3. The minimum atomic E-state index is -0.375. The van der Waals surface area contributed by atoms with Crippen LogP contribution in [0.5, 0.6) is 0 Å². The summed E-state index contributed by atoms with van der Waals surface area (Å²) in [5.41, 5.74) is 0.446. The summed E-state index contributed by atoms with van der Waals surface area (Å²) in [7, 11) is 1.68. The summed E-state index contributed by atoms with van der Waals surface area (Å²) in [4.78, 5) is 16.0. The Morgan fingerprint density at radius 1 is 1.32 bits per heavy atom. The molecule has 0 atom stereocenters. The number of hydrogen-bond acceptors (Lipinski definition) is 2. The lowest BCUT2D eigenvalue weighted by molar-refractivity contribution is -0.115. The highest BCUT2D eigenvalue weighted by molar-refractivity contribution is 5.95. The van der Waals surface area contributed by atoms with Crippen LogP contribution in [0, 0.1) is 5.82 Å². The van der Waals surface area contributed by atoms with E-state index >= 15 is 0 Å². The first-order valence-electron chi connectivity index (χ1n) is 7.70. The lowest BCUT2D eigenvalue weighted by Gasteiger charge is -2.24. The molecular weight excluding hydrogens is 283 g/mol. The zero-order valence-electron chi connectivity index (χ0n) is 12.9. The van der Waals surface area contributed by atoms with Crippen molar-refractivity contribution in [1.82, 2.24) is 10.6 Å². The fraction of sp³-hybridized carbons (Fsp3) is 0.500. The molecule has 0 heterocycles. The first-order valence-corrected chi connectivity index (χ1v) is 7.70. The molecule has 1 aromatic carbocycles. The monoisotopic (exact) mass is 306 g/mol. The molecule has 1 fully saturated rings. The molecule has 2 rings (SSSR count). The van der Waals surface area contributed by atoms with Crippen molar-refractivity contribution in [1.29, 1.82) is 0 Å². The van der Waals surface area contributed by atoms with E-state index in [2.05, 4.69) is 20.9 Å². The van der Waals surface area contributed by atoms with Crippen LogP contribution in [0.15, 0.2) is 29.3 Å². The molecule has 0 spiro atoms. The van der Waals surface area contributed by atoms with Crippen molar-refractivity contribution in [3.8, 4) is 0 Å². The number of nitrogens with one attached hydrogen (secondary N) is 3. The van der Waals surface area contributed by atoms with Gasteiger partial charge in [-0.1, -0.05) is 25.3 Å². The third-order valence-corrected chi connectivity index (χ3v) is 3.69. The van der Waals surface area contributed by atoms with E-state index in [0.29, 0.717) is 17.7 Å². The molecule has 0 aliphatic heterocycles. The largest absolute Gasteiger partial charge is 0.354 e. The summed E-state index contributed by atoms with van der Waals surface area (Å²) < 4.78 is 13.1. The van der Waals surface area contributed by atoms with Crippen molar-refractivity contribution >= 4 is 17.6 Å². The zero-order chi connectivity index (χ0) is 15.8. The number of aliphatic imine (C=N–C) groups is 1. The van der Waals surface area contributed by atoms with Gasteiger partial charge in [0.1, 0.15) is 5.82 Å². The number of rotatable bonds is 4. The normalized spacial score (nSPS) is 16.2. The number of carbonyl (C=O) groups is 1. The maximum Gasteiger partial charge on any atom is 0.243 e. The number of amides is 1. The predicted octanol–water partition coefficient (Wildman–Crippen LogP) is 2.26. The van der Waals surface area contributed by atoms with E-state index in [4.69, 9.17) is 0 Å². The fourth-order valence-corrected chi connectivity index (χ4v) is 2.57. The van der Waals surface area contributed by atoms with Crippen molar-refractivity contribution in [2.45, 2.75) is 38.1 Å². The average molecular weight is 306 g/mol. The van der Waals surface area contributed by atoms with Gasteiger partial charge >= 0.3 is 0 Å². The topological polar surface area (TPSA) is 65.5 Å². The molecule has 3 N–H and O–H groups in total. The molecule has 120 valence electrons. The Balaban J connectivity index is 1.76. The summed E-state index contributed by atoms with van der Waals surface area (Å²) in [6.45, 7) is 0.0862.